The Balaban J connectivity index is 1.90. The van der Waals surface area contributed by atoms with Crippen LogP contribution in [0.4, 0.5) is 11.4 Å². The Morgan fingerprint density at radius 3 is 2.79 bits per heavy atom. The molecule has 0 atom stereocenters. The topological polar surface area (TPSA) is 75.4 Å². The highest BCUT2D eigenvalue weighted by Gasteiger charge is 2.18. The van der Waals surface area contributed by atoms with E-state index in [1.54, 1.807) is 18.2 Å². The number of rotatable bonds is 3. The molecule has 5 nitrogen and oxygen atoms in total. The number of carbonyl (C=O) groups excluding carboxylic acids is 1. The van der Waals surface area contributed by atoms with Crippen LogP contribution in [0.15, 0.2) is 18.2 Å². The third-order valence-corrected chi connectivity index (χ3v) is 4.51. The molecule has 1 aromatic rings. The summed E-state index contributed by atoms with van der Waals surface area (Å²) in [7, 11) is -0.731. The lowest BCUT2D eigenvalue weighted by molar-refractivity contribution is -0.117. The van der Waals surface area contributed by atoms with Gasteiger partial charge in [0.2, 0.25) is 5.91 Å². The minimum atomic E-state index is -0.731. The first kappa shape index (κ1) is 14.3. The molecule has 0 bridgehead atoms. The number of carbonyl (C=O) groups is 1. The molecular formula is C12H16ClN3O2S. The van der Waals surface area contributed by atoms with Gasteiger partial charge in [-0.2, -0.15) is 0 Å². The first-order chi connectivity index (χ1) is 9.04. The van der Waals surface area contributed by atoms with E-state index in [1.165, 1.54) is 0 Å². The normalized spacial score (nSPS) is 17.3. The third-order valence-electron chi connectivity index (χ3n) is 2.90. The van der Waals surface area contributed by atoms with Crippen molar-refractivity contribution in [1.82, 2.24) is 4.90 Å². The zero-order valence-corrected chi connectivity index (χ0v) is 12.0. The number of halogens is 1. The number of benzene rings is 1. The summed E-state index contributed by atoms with van der Waals surface area (Å²) in [5.74, 6) is 1.12. The fraction of sp³-hybridized carbons (Fsp3) is 0.417. The Kier molecular flexibility index (Phi) is 4.79. The first-order valence-electron chi connectivity index (χ1n) is 5.97. The Hall–Kier alpha value is -1.11. The number of nitrogens with one attached hydrogen (secondary N) is 1. The molecule has 0 aromatic heterocycles. The number of nitrogens with zero attached hydrogens (tertiary/aromatic N) is 1. The van der Waals surface area contributed by atoms with E-state index in [0.717, 1.165) is 0 Å². The molecular weight excluding hydrogens is 286 g/mol. The van der Waals surface area contributed by atoms with Gasteiger partial charge < -0.3 is 11.1 Å². The van der Waals surface area contributed by atoms with Crippen LogP contribution in [0, 0.1) is 0 Å². The van der Waals surface area contributed by atoms with Crippen LogP contribution in [0.2, 0.25) is 5.02 Å². The van der Waals surface area contributed by atoms with Crippen LogP contribution in [0.5, 0.6) is 0 Å². The Labute approximate surface area is 119 Å². The molecule has 0 saturated carbocycles. The van der Waals surface area contributed by atoms with Crippen molar-refractivity contribution >= 4 is 39.7 Å². The second-order valence-corrected chi connectivity index (χ2v) is 6.52. The highest BCUT2D eigenvalue weighted by Crippen LogP contribution is 2.23. The number of anilines is 2. The molecule has 104 valence electrons. The average Bonchev–Trinajstić information content (AvgIpc) is 2.37. The SMILES string of the molecule is Nc1ccc(Cl)c(NC(=O)CN2CCS(=O)CC2)c1. The van der Waals surface area contributed by atoms with Crippen molar-refractivity contribution in [1.29, 1.82) is 0 Å². The zero-order chi connectivity index (χ0) is 13.8. The molecule has 3 N–H and O–H groups in total. The van der Waals surface area contributed by atoms with Crippen LogP contribution < -0.4 is 11.1 Å². The molecule has 0 radical (unpaired) electrons. The fourth-order valence-corrected chi connectivity index (χ4v) is 3.16. The highest BCUT2D eigenvalue weighted by atomic mass is 35.5. The lowest BCUT2D eigenvalue weighted by atomic mass is 10.3. The van der Waals surface area contributed by atoms with Gasteiger partial charge in [-0.15, -0.1) is 0 Å². The molecule has 1 aromatic carbocycles. The van der Waals surface area contributed by atoms with Crippen molar-refractivity contribution in [3.63, 3.8) is 0 Å². The zero-order valence-electron chi connectivity index (χ0n) is 10.4. The highest BCUT2D eigenvalue weighted by molar-refractivity contribution is 7.85. The van der Waals surface area contributed by atoms with Crippen molar-refractivity contribution in [3.05, 3.63) is 23.2 Å². The number of amides is 1. The molecule has 0 spiro atoms. The standard InChI is InChI=1S/C12H16ClN3O2S/c13-10-2-1-9(14)7-11(10)15-12(17)8-16-3-5-19(18)6-4-16/h1-2,7H,3-6,8,14H2,(H,15,17). The molecule has 1 aliphatic heterocycles. The van der Waals surface area contributed by atoms with Crippen molar-refractivity contribution in [2.45, 2.75) is 0 Å². The number of nitrogens with two attached hydrogens (primary N) is 1. The van der Waals surface area contributed by atoms with Crippen LogP contribution in [0.3, 0.4) is 0 Å². The van der Waals surface area contributed by atoms with Crippen molar-refractivity contribution in [3.8, 4) is 0 Å². The molecule has 1 heterocycles. The van der Waals surface area contributed by atoms with Gasteiger partial charge in [-0.3, -0.25) is 13.9 Å². The monoisotopic (exact) mass is 301 g/mol. The van der Waals surface area contributed by atoms with Crippen LogP contribution in [0.1, 0.15) is 0 Å². The van der Waals surface area contributed by atoms with Gasteiger partial charge in [0.25, 0.3) is 0 Å². The molecule has 0 unspecified atom stereocenters. The third kappa shape index (κ3) is 4.19. The summed E-state index contributed by atoms with van der Waals surface area (Å²) in [6, 6.07) is 4.96. The van der Waals surface area contributed by atoms with Gasteiger partial charge in [-0.1, -0.05) is 11.6 Å². The Morgan fingerprint density at radius 1 is 1.42 bits per heavy atom. The smallest absolute Gasteiger partial charge is 0.238 e. The van der Waals surface area contributed by atoms with Gasteiger partial charge in [0.05, 0.1) is 17.3 Å². The van der Waals surface area contributed by atoms with Crippen LogP contribution in [0.25, 0.3) is 0 Å². The van der Waals surface area contributed by atoms with E-state index in [1.807, 2.05) is 4.90 Å². The lowest BCUT2D eigenvalue weighted by Crippen LogP contribution is -2.42. The number of hydrogen-bond donors (Lipinski definition) is 2. The average molecular weight is 302 g/mol. The molecule has 19 heavy (non-hydrogen) atoms. The number of nitrogen functional groups attached to an aromatic ring is 1. The maximum Gasteiger partial charge on any atom is 0.238 e. The predicted molar refractivity (Wildman–Crippen MR) is 78.8 cm³/mol. The predicted octanol–water partition coefficient (Wildman–Crippen LogP) is 0.925. The molecule has 7 heteroatoms. The summed E-state index contributed by atoms with van der Waals surface area (Å²) in [6.07, 6.45) is 0. The van der Waals surface area contributed by atoms with E-state index < -0.39 is 10.8 Å². The quantitative estimate of drug-likeness (QED) is 0.814. The van der Waals surface area contributed by atoms with E-state index in [9.17, 15) is 9.00 Å². The number of hydrogen-bond acceptors (Lipinski definition) is 4. The second kappa shape index (κ2) is 6.36. The first-order valence-corrected chi connectivity index (χ1v) is 7.83. The minimum absolute atomic E-state index is 0.139. The molecule has 0 aliphatic carbocycles. The van der Waals surface area contributed by atoms with Gasteiger partial charge in [-0.25, -0.2) is 0 Å². The minimum Gasteiger partial charge on any atom is -0.399 e. The van der Waals surface area contributed by atoms with Crippen molar-refractivity contribution in [2.75, 3.05) is 42.2 Å². The van der Waals surface area contributed by atoms with E-state index in [4.69, 9.17) is 17.3 Å². The Bertz CT molecular complexity index is 500. The van der Waals surface area contributed by atoms with Gasteiger partial charge in [-0.05, 0) is 18.2 Å². The van der Waals surface area contributed by atoms with Crippen molar-refractivity contribution in [2.24, 2.45) is 0 Å². The second-order valence-electron chi connectivity index (χ2n) is 4.41. The summed E-state index contributed by atoms with van der Waals surface area (Å²) in [4.78, 5) is 13.9. The summed E-state index contributed by atoms with van der Waals surface area (Å²) in [5, 5.41) is 3.20. The summed E-state index contributed by atoms with van der Waals surface area (Å²) < 4.78 is 11.2. The van der Waals surface area contributed by atoms with Gasteiger partial charge in [0, 0.05) is 41.1 Å². The molecule has 1 saturated heterocycles. The lowest BCUT2D eigenvalue weighted by Gasteiger charge is -2.25. The van der Waals surface area contributed by atoms with E-state index in [2.05, 4.69) is 5.32 Å². The van der Waals surface area contributed by atoms with Crippen LogP contribution in [-0.4, -0.2) is 46.2 Å². The molecule has 1 amide bonds. The summed E-state index contributed by atoms with van der Waals surface area (Å²) in [6.45, 7) is 1.65. The summed E-state index contributed by atoms with van der Waals surface area (Å²) >= 11 is 5.98. The molecule has 1 fully saturated rings. The summed E-state index contributed by atoms with van der Waals surface area (Å²) in [5.41, 5.74) is 6.72. The maximum absolute atomic E-state index is 11.9. The fourth-order valence-electron chi connectivity index (χ4n) is 1.87. The maximum atomic E-state index is 11.9. The van der Waals surface area contributed by atoms with E-state index >= 15 is 0 Å². The Morgan fingerprint density at radius 2 is 2.11 bits per heavy atom. The van der Waals surface area contributed by atoms with Crippen molar-refractivity contribution < 1.29 is 9.00 Å². The van der Waals surface area contributed by atoms with Gasteiger partial charge in [0.1, 0.15) is 0 Å². The molecule has 1 aliphatic rings. The van der Waals surface area contributed by atoms with Crippen LogP contribution >= 0.6 is 11.6 Å². The molecule has 2 rings (SSSR count). The largest absolute Gasteiger partial charge is 0.399 e. The van der Waals surface area contributed by atoms with E-state index in [0.29, 0.717) is 41.0 Å². The van der Waals surface area contributed by atoms with Crippen LogP contribution in [-0.2, 0) is 15.6 Å². The van der Waals surface area contributed by atoms with Gasteiger partial charge >= 0.3 is 0 Å². The van der Waals surface area contributed by atoms with Gasteiger partial charge in [0.15, 0.2) is 0 Å². The van der Waals surface area contributed by atoms with E-state index in [-0.39, 0.29) is 12.5 Å².